The topological polar surface area (TPSA) is 61.9 Å². The molecule has 1 heterocycles. The number of urea groups is 1. The zero-order valence-electron chi connectivity index (χ0n) is 13.4. The van der Waals surface area contributed by atoms with Gasteiger partial charge in [0.25, 0.3) is 5.91 Å². The van der Waals surface area contributed by atoms with Crippen molar-refractivity contribution in [2.24, 2.45) is 0 Å². The van der Waals surface area contributed by atoms with Crippen LogP contribution in [0.15, 0.2) is 28.7 Å². The maximum atomic E-state index is 12.4. The average Bonchev–Trinajstić information content (AvgIpc) is 2.56. The van der Waals surface area contributed by atoms with Gasteiger partial charge in [0.05, 0.1) is 0 Å². The van der Waals surface area contributed by atoms with Crippen molar-refractivity contribution in [1.82, 2.24) is 15.1 Å². The number of nitrogens with zero attached hydrogens (tertiary/aromatic N) is 2. The predicted octanol–water partition coefficient (Wildman–Crippen LogP) is 2.09. The minimum absolute atomic E-state index is 0.0523. The van der Waals surface area contributed by atoms with Crippen LogP contribution in [0.25, 0.3) is 0 Å². The highest BCUT2D eigenvalue weighted by Crippen LogP contribution is 2.18. The van der Waals surface area contributed by atoms with E-state index in [1.807, 2.05) is 31.2 Å². The molecule has 126 valence electrons. The van der Waals surface area contributed by atoms with Gasteiger partial charge in [0, 0.05) is 37.2 Å². The van der Waals surface area contributed by atoms with Gasteiger partial charge in [0.2, 0.25) is 0 Å². The zero-order chi connectivity index (χ0) is 16.8. The van der Waals surface area contributed by atoms with E-state index in [1.54, 1.807) is 16.7 Å². The first-order chi connectivity index (χ1) is 11.0. The maximum Gasteiger partial charge on any atom is 0.317 e. The Morgan fingerprint density at radius 3 is 2.30 bits per heavy atom. The number of amides is 3. The van der Waals surface area contributed by atoms with Crippen LogP contribution in [0.4, 0.5) is 4.79 Å². The summed E-state index contributed by atoms with van der Waals surface area (Å²) >= 11 is 3.36. The Morgan fingerprint density at radius 1 is 1.17 bits per heavy atom. The van der Waals surface area contributed by atoms with Crippen LogP contribution in [0.1, 0.15) is 13.8 Å². The Balaban J connectivity index is 1.84. The molecule has 1 N–H and O–H groups in total. The van der Waals surface area contributed by atoms with Gasteiger partial charge in [0.15, 0.2) is 6.10 Å². The van der Waals surface area contributed by atoms with Crippen LogP contribution < -0.4 is 10.1 Å². The molecule has 7 heteroatoms. The van der Waals surface area contributed by atoms with Gasteiger partial charge in [-0.2, -0.15) is 0 Å². The van der Waals surface area contributed by atoms with Crippen LogP contribution in [-0.4, -0.2) is 60.6 Å². The van der Waals surface area contributed by atoms with Gasteiger partial charge in [-0.1, -0.05) is 15.9 Å². The molecule has 23 heavy (non-hydrogen) atoms. The van der Waals surface area contributed by atoms with E-state index in [1.165, 1.54) is 0 Å². The number of carbonyl (C=O) groups excluding carboxylic acids is 2. The van der Waals surface area contributed by atoms with Crippen LogP contribution >= 0.6 is 15.9 Å². The van der Waals surface area contributed by atoms with Crippen molar-refractivity contribution in [3.05, 3.63) is 28.7 Å². The Morgan fingerprint density at radius 2 is 1.74 bits per heavy atom. The molecular formula is C16H22BrN3O3. The molecule has 6 nitrogen and oxygen atoms in total. The highest BCUT2D eigenvalue weighted by Gasteiger charge is 2.27. The fourth-order valence-electron chi connectivity index (χ4n) is 2.42. The molecule has 0 aromatic heterocycles. The molecule has 3 amide bonds. The Labute approximate surface area is 144 Å². The number of benzene rings is 1. The van der Waals surface area contributed by atoms with Crippen LogP contribution in [0, 0.1) is 0 Å². The lowest BCUT2D eigenvalue weighted by atomic mass is 10.2. The summed E-state index contributed by atoms with van der Waals surface area (Å²) in [6, 6.07) is 7.32. The molecule has 0 bridgehead atoms. The summed E-state index contributed by atoms with van der Waals surface area (Å²) in [7, 11) is 0. The van der Waals surface area contributed by atoms with Gasteiger partial charge in [-0.25, -0.2) is 4.79 Å². The first kappa shape index (κ1) is 17.6. The smallest absolute Gasteiger partial charge is 0.317 e. The summed E-state index contributed by atoms with van der Waals surface area (Å²) in [6.45, 7) is 6.40. The number of carbonyl (C=O) groups is 2. The standard InChI is InChI=1S/C16H22BrN3O3/c1-3-18-16(22)20-10-8-19(9-11-20)15(21)12(2)23-14-6-4-13(17)5-7-14/h4-7,12H,3,8-11H2,1-2H3,(H,18,22). The van der Waals surface area contributed by atoms with Crippen LogP contribution in [0.2, 0.25) is 0 Å². The lowest BCUT2D eigenvalue weighted by molar-refractivity contribution is -0.139. The first-order valence-electron chi connectivity index (χ1n) is 7.75. The van der Waals surface area contributed by atoms with Crippen LogP contribution in [0.3, 0.4) is 0 Å². The summed E-state index contributed by atoms with van der Waals surface area (Å²) in [5.41, 5.74) is 0. The summed E-state index contributed by atoms with van der Waals surface area (Å²) in [4.78, 5) is 27.7. The summed E-state index contributed by atoms with van der Waals surface area (Å²) in [5, 5.41) is 2.77. The van der Waals surface area contributed by atoms with E-state index < -0.39 is 6.10 Å². The van der Waals surface area contributed by atoms with E-state index in [9.17, 15) is 9.59 Å². The molecule has 1 saturated heterocycles. The molecule has 1 unspecified atom stereocenters. The number of ether oxygens (including phenoxy) is 1. The van der Waals surface area contributed by atoms with E-state index >= 15 is 0 Å². The molecule has 1 atom stereocenters. The molecule has 1 fully saturated rings. The summed E-state index contributed by atoms with van der Waals surface area (Å²) in [6.07, 6.45) is -0.549. The van der Waals surface area contributed by atoms with Crippen molar-refractivity contribution < 1.29 is 14.3 Å². The van der Waals surface area contributed by atoms with Gasteiger partial charge < -0.3 is 19.9 Å². The molecule has 1 aliphatic rings. The number of halogens is 1. The third-order valence-corrected chi connectivity index (χ3v) is 4.21. The molecule has 0 radical (unpaired) electrons. The fourth-order valence-corrected chi connectivity index (χ4v) is 2.68. The number of piperazine rings is 1. The summed E-state index contributed by atoms with van der Waals surface area (Å²) < 4.78 is 6.66. The predicted molar refractivity (Wildman–Crippen MR) is 91.5 cm³/mol. The van der Waals surface area contributed by atoms with Gasteiger partial charge in [-0.3, -0.25) is 4.79 Å². The molecule has 2 rings (SSSR count). The van der Waals surface area contributed by atoms with E-state index in [0.717, 1.165) is 4.47 Å². The van der Waals surface area contributed by atoms with Gasteiger partial charge in [-0.05, 0) is 38.1 Å². The minimum atomic E-state index is -0.549. The summed E-state index contributed by atoms with van der Waals surface area (Å²) in [5.74, 6) is 0.610. The highest BCUT2D eigenvalue weighted by molar-refractivity contribution is 9.10. The highest BCUT2D eigenvalue weighted by atomic mass is 79.9. The quantitative estimate of drug-likeness (QED) is 0.865. The fraction of sp³-hybridized carbons (Fsp3) is 0.500. The van der Waals surface area contributed by atoms with Crippen molar-refractivity contribution in [3.8, 4) is 5.75 Å². The Bertz CT molecular complexity index is 542. The lowest BCUT2D eigenvalue weighted by Gasteiger charge is -2.35. The third-order valence-electron chi connectivity index (χ3n) is 3.68. The molecule has 1 aromatic carbocycles. The third kappa shape index (κ3) is 4.86. The van der Waals surface area contributed by atoms with Gasteiger partial charge >= 0.3 is 6.03 Å². The number of hydrogen-bond donors (Lipinski definition) is 1. The average molecular weight is 384 g/mol. The van der Waals surface area contributed by atoms with Crippen LogP contribution in [-0.2, 0) is 4.79 Å². The molecular weight excluding hydrogens is 362 g/mol. The van der Waals surface area contributed by atoms with E-state index in [4.69, 9.17) is 4.74 Å². The second kappa shape index (κ2) is 8.19. The normalized spacial score (nSPS) is 16.0. The van der Waals surface area contributed by atoms with Gasteiger partial charge in [0.1, 0.15) is 5.75 Å². The van der Waals surface area contributed by atoms with Crippen LogP contribution in [0.5, 0.6) is 5.75 Å². The zero-order valence-corrected chi connectivity index (χ0v) is 15.0. The largest absolute Gasteiger partial charge is 0.481 e. The maximum absolute atomic E-state index is 12.4. The van der Waals surface area contributed by atoms with Crippen molar-refractivity contribution in [3.63, 3.8) is 0 Å². The Hall–Kier alpha value is -1.76. The van der Waals surface area contributed by atoms with E-state index in [2.05, 4.69) is 21.2 Å². The van der Waals surface area contributed by atoms with E-state index in [-0.39, 0.29) is 11.9 Å². The molecule has 1 aromatic rings. The van der Waals surface area contributed by atoms with Crippen molar-refractivity contribution in [1.29, 1.82) is 0 Å². The molecule has 0 spiro atoms. The Kier molecular flexibility index (Phi) is 6.27. The lowest BCUT2D eigenvalue weighted by Crippen LogP contribution is -2.55. The minimum Gasteiger partial charge on any atom is -0.481 e. The molecule has 0 aliphatic carbocycles. The second-order valence-corrected chi connectivity index (χ2v) is 6.28. The monoisotopic (exact) mass is 383 g/mol. The molecule has 1 aliphatic heterocycles. The number of hydrogen-bond acceptors (Lipinski definition) is 3. The van der Waals surface area contributed by atoms with Crippen molar-refractivity contribution in [2.45, 2.75) is 20.0 Å². The number of rotatable bonds is 4. The SMILES string of the molecule is CCNC(=O)N1CCN(C(=O)C(C)Oc2ccc(Br)cc2)CC1. The second-order valence-electron chi connectivity index (χ2n) is 5.36. The molecule has 0 saturated carbocycles. The van der Waals surface area contributed by atoms with E-state index in [0.29, 0.717) is 38.5 Å². The van der Waals surface area contributed by atoms with Crippen molar-refractivity contribution >= 4 is 27.9 Å². The van der Waals surface area contributed by atoms with Gasteiger partial charge in [-0.15, -0.1) is 0 Å². The number of nitrogens with one attached hydrogen (secondary N) is 1. The van der Waals surface area contributed by atoms with Crippen molar-refractivity contribution in [2.75, 3.05) is 32.7 Å². The first-order valence-corrected chi connectivity index (χ1v) is 8.54.